The van der Waals surface area contributed by atoms with Gasteiger partial charge in [-0.1, -0.05) is 6.07 Å². The molecule has 2 aromatic rings. The molecule has 0 saturated carbocycles. The maximum absolute atomic E-state index is 13.3. The fraction of sp³-hybridized carbons (Fsp3) is 0.167. The van der Waals surface area contributed by atoms with Crippen molar-refractivity contribution < 1.29 is 8.78 Å². The SMILES string of the molecule is Cc1cc(N)cc2ccc(F)c(CF)c12. The molecule has 2 N–H and O–H groups in total. The number of nitrogen functional groups attached to an aromatic ring is 1. The molecule has 0 bridgehead atoms. The molecular formula is C12H11F2N. The van der Waals surface area contributed by atoms with Crippen LogP contribution in [0.4, 0.5) is 14.5 Å². The Labute approximate surface area is 86.5 Å². The van der Waals surface area contributed by atoms with E-state index in [9.17, 15) is 8.78 Å². The number of anilines is 1. The van der Waals surface area contributed by atoms with Crippen LogP contribution >= 0.6 is 0 Å². The maximum atomic E-state index is 13.3. The molecule has 0 heterocycles. The first-order chi connectivity index (χ1) is 7.13. The zero-order valence-corrected chi connectivity index (χ0v) is 8.35. The highest BCUT2D eigenvalue weighted by atomic mass is 19.1. The number of hydrogen-bond donors (Lipinski definition) is 1. The van der Waals surface area contributed by atoms with Crippen molar-refractivity contribution in [3.63, 3.8) is 0 Å². The van der Waals surface area contributed by atoms with Gasteiger partial charge in [-0.2, -0.15) is 0 Å². The molecule has 0 amide bonds. The lowest BCUT2D eigenvalue weighted by atomic mass is 9.99. The van der Waals surface area contributed by atoms with Crippen molar-refractivity contribution in [1.29, 1.82) is 0 Å². The second kappa shape index (κ2) is 3.50. The first kappa shape index (κ1) is 9.90. The van der Waals surface area contributed by atoms with Crippen LogP contribution in [0.15, 0.2) is 24.3 Å². The topological polar surface area (TPSA) is 26.0 Å². The number of hydrogen-bond acceptors (Lipinski definition) is 1. The van der Waals surface area contributed by atoms with Gasteiger partial charge in [0, 0.05) is 11.3 Å². The van der Waals surface area contributed by atoms with E-state index in [4.69, 9.17) is 5.73 Å². The molecule has 15 heavy (non-hydrogen) atoms. The summed E-state index contributed by atoms with van der Waals surface area (Å²) in [7, 11) is 0. The molecule has 0 aliphatic heterocycles. The fourth-order valence-corrected chi connectivity index (χ4v) is 1.90. The van der Waals surface area contributed by atoms with Crippen LogP contribution < -0.4 is 5.73 Å². The number of halogens is 2. The third-order valence-electron chi connectivity index (χ3n) is 2.52. The van der Waals surface area contributed by atoms with Crippen molar-refractivity contribution in [1.82, 2.24) is 0 Å². The Bertz CT molecular complexity index is 521. The second-order valence-corrected chi connectivity index (χ2v) is 3.60. The molecule has 2 rings (SSSR count). The van der Waals surface area contributed by atoms with Gasteiger partial charge >= 0.3 is 0 Å². The van der Waals surface area contributed by atoms with Crippen LogP contribution in [0.5, 0.6) is 0 Å². The molecule has 0 fully saturated rings. The van der Waals surface area contributed by atoms with E-state index in [2.05, 4.69) is 0 Å². The number of rotatable bonds is 1. The lowest BCUT2D eigenvalue weighted by Crippen LogP contribution is -1.94. The number of alkyl halides is 1. The van der Waals surface area contributed by atoms with Crippen molar-refractivity contribution in [3.05, 3.63) is 41.2 Å². The van der Waals surface area contributed by atoms with E-state index in [-0.39, 0.29) is 5.56 Å². The fourth-order valence-electron chi connectivity index (χ4n) is 1.90. The summed E-state index contributed by atoms with van der Waals surface area (Å²) < 4.78 is 26.1. The van der Waals surface area contributed by atoms with E-state index in [1.54, 1.807) is 25.1 Å². The lowest BCUT2D eigenvalue weighted by molar-refractivity contribution is 0.467. The predicted molar refractivity (Wildman–Crippen MR) is 57.9 cm³/mol. The van der Waals surface area contributed by atoms with Gasteiger partial charge in [0.15, 0.2) is 0 Å². The van der Waals surface area contributed by atoms with Crippen LogP contribution in [0, 0.1) is 12.7 Å². The monoisotopic (exact) mass is 207 g/mol. The summed E-state index contributed by atoms with van der Waals surface area (Å²) in [5.74, 6) is -0.502. The highest BCUT2D eigenvalue weighted by Gasteiger charge is 2.09. The second-order valence-electron chi connectivity index (χ2n) is 3.60. The van der Waals surface area contributed by atoms with Gasteiger partial charge in [-0.25, -0.2) is 8.78 Å². The van der Waals surface area contributed by atoms with E-state index in [1.807, 2.05) is 0 Å². The Balaban J connectivity index is 2.91. The Hall–Kier alpha value is -1.64. The van der Waals surface area contributed by atoms with Crippen molar-refractivity contribution in [3.8, 4) is 0 Å². The highest BCUT2D eigenvalue weighted by Crippen LogP contribution is 2.28. The minimum Gasteiger partial charge on any atom is -0.399 e. The summed E-state index contributed by atoms with van der Waals surface area (Å²) in [6.07, 6.45) is 0. The smallest absolute Gasteiger partial charge is 0.129 e. The Morgan fingerprint density at radius 3 is 2.67 bits per heavy atom. The Morgan fingerprint density at radius 2 is 2.00 bits per heavy atom. The number of nitrogens with two attached hydrogens (primary N) is 1. The lowest BCUT2D eigenvalue weighted by Gasteiger charge is -2.08. The molecule has 0 radical (unpaired) electrons. The zero-order valence-electron chi connectivity index (χ0n) is 8.35. The summed E-state index contributed by atoms with van der Waals surface area (Å²) in [5.41, 5.74) is 7.19. The molecule has 2 aromatic carbocycles. The minimum absolute atomic E-state index is 0.116. The number of benzene rings is 2. The minimum atomic E-state index is -0.798. The van der Waals surface area contributed by atoms with Crippen LogP contribution in [0.2, 0.25) is 0 Å². The maximum Gasteiger partial charge on any atom is 0.129 e. The van der Waals surface area contributed by atoms with E-state index in [1.165, 1.54) is 6.07 Å². The molecule has 0 saturated heterocycles. The molecule has 0 aliphatic rings. The number of aryl methyl sites for hydroxylation is 1. The summed E-state index contributed by atoms with van der Waals surface area (Å²) in [6.45, 7) is 1.01. The molecule has 0 aromatic heterocycles. The molecule has 0 atom stereocenters. The van der Waals surface area contributed by atoms with Gasteiger partial charge in [-0.05, 0) is 41.5 Å². The van der Waals surface area contributed by atoms with Crippen molar-refractivity contribution in [2.24, 2.45) is 0 Å². The normalized spacial score (nSPS) is 10.9. The predicted octanol–water partition coefficient (Wildman–Crippen LogP) is 3.34. The quantitative estimate of drug-likeness (QED) is 0.713. The van der Waals surface area contributed by atoms with Crippen LogP contribution in [0.25, 0.3) is 10.8 Å². The van der Waals surface area contributed by atoms with Crippen molar-refractivity contribution >= 4 is 16.5 Å². The Morgan fingerprint density at radius 1 is 1.27 bits per heavy atom. The van der Waals surface area contributed by atoms with E-state index in [0.717, 1.165) is 10.9 Å². The average Bonchev–Trinajstić information content (AvgIpc) is 2.18. The van der Waals surface area contributed by atoms with Gasteiger partial charge in [0.1, 0.15) is 12.5 Å². The molecule has 0 unspecified atom stereocenters. The number of fused-ring (bicyclic) bond motifs is 1. The van der Waals surface area contributed by atoms with Crippen LogP contribution in [0.3, 0.4) is 0 Å². The first-order valence-corrected chi connectivity index (χ1v) is 4.66. The summed E-state index contributed by atoms with van der Waals surface area (Å²) >= 11 is 0. The van der Waals surface area contributed by atoms with Gasteiger partial charge in [0.05, 0.1) is 0 Å². The first-order valence-electron chi connectivity index (χ1n) is 4.66. The van der Waals surface area contributed by atoms with Gasteiger partial charge < -0.3 is 5.73 Å². The van der Waals surface area contributed by atoms with Gasteiger partial charge in [0.2, 0.25) is 0 Å². The van der Waals surface area contributed by atoms with E-state index in [0.29, 0.717) is 11.1 Å². The van der Waals surface area contributed by atoms with Crippen LogP contribution in [-0.2, 0) is 6.67 Å². The molecule has 0 spiro atoms. The summed E-state index contributed by atoms with van der Waals surface area (Å²) in [6, 6.07) is 6.34. The molecular weight excluding hydrogens is 196 g/mol. The summed E-state index contributed by atoms with van der Waals surface area (Å²) in [5, 5.41) is 1.41. The van der Waals surface area contributed by atoms with Gasteiger partial charge in [0.25, 0.3) is 0 Å². The third kappa shape index (κ3) is 1.54. The summed E-state index contributed by atoms with van der Waals surface area (Å²) in [4.78, 5) is 0. The average molecular weight is 207 g/mol. The highest BCUT2D eigenvalue weighted by molar-refractivity contribution is 5.91. The molecule has 0 aliphatic carbocycles. The van der Waals surface area contributed by atoms with E-state index < -0.39 is 12.5 Å². The molecule has 3 heteroatoms. The Kier molecular flexibility index (Phi) is 2.31. The third-order valence-corrected chi connectivity index (χ3v) is 2.52. The van der Waals surface area contributed by atoms with Crippen molar-refractivity contribution in [2.45, 2.75) is 13.6 Å². The standard InChI is InChI=1S/C12H11F2N/c1-7-4-9(15)5-8-2-3-11(14)10(6-13)12(7)8/h2-5H,6,15H2,1H3. The zero-order chi connectivity index (χ0) is 11.0. The van der Waals surface area contributed by atoms with Crippen LogP contribution in [-0.4, -0.2) is 0 Å². The van der Waals surface area contributed by atoms with E-state index >= 15 is 0 Å². The van der Waals surface area contributed by atoms with Crippen LogP contribution in [0.1, 0.15) is 11.1 Å². The molecule has 1 nitrogen and oxygen atoms in total. The van der Waals surface area contributed by atoms with Crippen molar-refractivity contribution in [2.75, 3.05) is 5.73 Å². The largest absolute Gasteiger partial charge is 0.399 e. The van der Waals surface area contributed by atoms with Gasteiger partial charge in [-0.15, -0.1) is 0 Å². The van der Waals surface area contributed by atoms with Gasteiger partial charge in [-0.3, -0.25) is 0 Å². The molecule has 78 valence electrons.